The van der Waals surface area contributed by atoms with Crippen LogP contribution in [0.4, 0.5) is 8.78 Å². The van der Waals surface area contributed by atoms with E-state index in [4.69, 9.17) is 10.8 Å². The molecule has 0 aliphatic heterocycles. The van der Waals surface area contributed by atoms with E-state index in [0.717, 1.165) is 12.1 Å². The quantitative estimate of drug-likeness (QED) is 0.821. The second-order valence-electron chi connectivity index (χ2n) is 2.78. The lowest BCUT2D eigenvalue weighted by molar-refractivity contribution is 0.275. The highest BCUT2D eigenvalue weighted by atomic mass is 35.5. The highest BCUT2D eigenvalue weighted by molar-refractivity contribution is 5.85. The second-order valence-corrected chi connectivity index (χ2v) is 2.78. The Morgan fingerprint density at radius 1 is 1.36 bits per heavy atom. The van der Waals surface area contributed by atoms with Crippen LogP contribution in [0.15, 0.2) is 18.2 Å². The van der Waals surface area contributed by atoms with Crippen molar-refractivity contribution in [1.29, 1.82) is 0 Å². The van der Waals surface area contributed by atoms with Gasteiger partial charge in [-0.05, 0) is 12.5 Å². The van der Waals surface area contributed by atoms with Crippen molar-refractivity contribution >= 4 is 12.4 Å². The average Bonchev–Trinajstić information content (AvgIpc) is 2.04. The predicted octanol–water partition coefficient (Wildman–Crippen LogP) is 1.77. The Bertz CT molecular complexity index is 296. The molecule has 1 rings (SSSR count). The summed E-state index contributed by atoms with van der Waals surface area (Å²) in [6.45, 7) is -0.113. The number of halogens is 3. The van der Waals surface area contributed by atoms with Crippen LogP contribution in [0.25, 0.3) is 0 Å². The summed E-state index contributed by atoms with van der Waals surface area (Å²) in [5.41, 5.74) is 5.77. The van der Waals surface area contributed by atoms with E-state index in [2.05, 4.69) is 0 Å². The third-order valence-corrected chi connectivity index (χ3v) is 1.80. The van der Waals surface area contributed by atoms with E-state index < -0.39 is 17.7 Å². The highest BCUT2D eigenvalue weighted by Gasteiger charge is 2.10. The summed E-state index contributed by atoms with van der Waals surface area (Å²) in [5.74, 6) is -1.29. The number of aliphatic hydroxyl groups excluding tert-OH is 1. The first-order valence-electron chi connectivity index (χ1n) is 3.96. The Kier molecular flexibility index (Phi) is 5.60. The summed E-state index contributed by atoms with van der Waals surface area (Å²) < 4.78 is 25.5. The first-order chi connectivity index (χ1) is 6.15. The van der Waals surface area contributed by atoms with Gasteiger partial charge in [-0.15, -0.1) is 12.4 Å². The Labute approximate surface area is 87.1 Å². The summed E-state index contributed by atoms with van der Waals surface area (Å²) in [7, 11) is 0. The van der Waals surface area contributed by atoms with E-state index >= 15 is 0 Å². The largest absolute Gasteiger partial charge is 0.396 e. The Morgan fingerprint density at radius 3 is 2.50 bits per heavy atom. The molecule has 0 fully saturated rings. The van der Waals surface area contributed by atoms with Crippen molar-refractivity contribution in [3.63, 3.8) is 0 Å². The van der Waals surface area contributed by atoms with Crippen LogP contribution in [0.3, 0.4) is 0 Å². The summed E-state index contributed by atoms with van der Waals surface area (Å²) in [4.78, 5) is 0. The van der Waals surface area contributed by atoms with Crippen molar-refractivity contribution in [1.82, 2.24) is 0 Å². The molecule has 0 unspecified atom stereocenters. The molecule has 0 radical (unpaired) electrons. The monoisotopic (exact) mass is 223 g/mol. The standard InChI is InChI=1S/C9H11F2NO.ClH/c10-6-1-2-7(8(11)5-6)9(12)3-4-13;/h1-2,5,9,13H,3-4,12H2;1H/t9-;/m1./s1. The van der Waals surface area contributed by atoms with Gasteiger partial charge in [0.15, 0.2) is 0 Å². The molecule has 1 atom stereocenters. The smallest absolute Gasteiger partial charge is 0.130 e. The van der Waals surface area contributed by atoms with Crippen molar-refractivity contribution in [3.05, 3.63) is 35.4 Å². The van der Waals surface area contributed by atoms with E-state index in [-0.39, 0.29) is 31.0 Å². The number of nitrogens with two attached hydrogens (primary N) is 1. The van der Waals surface area contributed by atoms with Gasteiger partial charge in [-0.25, -0.2) is 8.78 Å². The van der Waals surface area contributed by atoms with Gasteiger partial charge in [0.1, 0.15) is 11.6 Å². The molecule has 0 bridgehead atoms. The summed E-state index contributed by atoms with van der Waals surface area (Å²) in [6, 6.07) is 2.65. The van der Waals surface area contributed by atoms with E-state index in [0.29, 0.717) is 0 Å². The lowest BCUT2D eigenvalue weighted by Crippen LogP contribution is -2.13. The van der Waals surface area contributed by atoms with Crippen LogP contribution in [-0.4, -0.2) is 11.7 Å². The van der Waals surface area contributed by atoms with Crippen LogP contribution in [0.2, 0.25) is 0 Å². The molecule has 0 aliphatic carbocycles. The average molecular weight is 224 g/mol. The number of hydrogen-bond donors (Lipinski definition) is 2. The van der Waals surface area contributed by atoms with Gasteiger partial charge in [0, 0.05) is 24.3 Å². The highest BCUT2D eigenvalue weighted by Crippen LogP contribution is 2.18. The molecule has 0 aliphatic rings. The minimum Gasteiger partial charge on any atom is -0.396 e. The van der Waals surface area contributed by atoms with Gasteiger partial charge in [-0.3, -0.25) is 0 Å². The zero-order valence-corrected chi connectivity index (χ0v) is 8.23. The maximum absolute atomic E-state index is 13.0. The molecule has 0 amide bonds. The molecule has 5 heteroatoms. The zero-order valence-electron chi connectivity index (χ0n) is 7.41. The lowest BCUT2D eigenvalue weighted by atomic mass is 10.0. The molecular formula is C9H12ClF2NO. The molecular weight excluding hydrogens is 212 g/mol. The predicted molar refractivity (Wildman–Crippen MR) is 52.2 cm³/mol. The van der Waals surface area contributed by atoms with Gasteiger partial charge >= 0.3 is 0 Å². The SMILES string of the molecule is Cl.N[C@H](CCO)c1ccc(F)cc1F. The third-order valence-electron chi connectivity index (χ3n) is 1.80. The van der Waals surface area contributed by atoms with E-state index in [1.165, 1.54) is 6.07 Å². The summed E-state index contributed by atoms with van der Waals surface area (Å²) in [5, 5.41) is 8.57. The van der Waals surface area contributed by atoms with Crippen LogP contribution in [0.1, 0.15) is 18.0 Å². The molecule has 1 aromatic rings. The number of benzene rings is 1. The van der Waals surface area contributed by atoms with E-state index in [1.54, 1.807) is 0 Å². The Morgan fingerprint density at radius 2 is 2.00 bits per heavy atom. The molecule has 2 nitrogen and oxygen atoms in total. The van der Waals surface area contributed by atoms with Gasteiger partial charge in [0.2, 0.25) is 0 Å². The Balaban J connectivity index is 0.00000169. The van der Waals surface area contributed by atoms with Gasteiger partial charge in [-0.2, -0.15) is 0 Å². The van der Waals surface area contributed by atoms with E-state index in [9.17, 15) is 8.78 Å². The van der Waals surface area contributed by atoms with Gasteiger partial charge < -0.3 is 10.8 Å². The normalized spacial score (nSPS) is 12.0. The molecule has 1 aromatic carbocycles. The summed E-state index contributed by atoms with van der Waals surface area (Å²) in [6.07, 6.45) is 0.266. The van der Waals surface area contributed by atoms with Gasteiger partial charge in [0.25, 0.3) is 0 Å². The van der Waals surface area contributed by atoms with Gasteiger partial charge in [-0.1, -0.05) is 6.07 Å². The fraction of sp³-hybridized carbons (Fsp3) is 0.333. The summed E-state index contributed by atoms with van der Waals surface area (Å²) >= 11 is 0. The van der Waals surface area contributed by atoms with Crippen molar-refractivity contribution in [2.75, 3.05) is 6.61 Å². The minimum atomic E-state index is -0.666. The molecule has 0 heterocycles. The van der Waals surface area contributed by atoms with Gasteiger partial charge in [0.05, 0.1) is 0 Å². The number of rotatable bonds is 3. The fourth-order valence-electron chi connectivity index (χ4n) is 1.10. The minimum absolute atomic E-state index is 0. The number of aliphatic hydroxyl groups is 1. The van der Waals surface area contributed by atoms with Crippen LogP contribution >= 0.6 is 12.4 Å². The molecule has 0 saturated carbocycles. The van der Waals surface area contributed by atoms with E-state index in [1.807, 2.05) is 0 Å². The molecule has 0 saturated heterocycles. The number of hydrogen-bond acceptors (Lipinski definition) is 2. The van der Waals surface area contributed by atoms with Crippen molar-refractivity contribution in [2.45, 2.75) is 12.5 Å². The zero-order chi connectivity index (χ0) is 9.84. The van der Waals surface area contributed by atoms with Crippen LogP contribution in [0.5, 0.6) is 0 Å². The second kappa shape index (κ2) is 5.90. The molecule has 3 N–H and O–H groups in total. The first kappa shape index (κ1) is 13.3. The van der Waals surface area contributed by atoms with Crippen LogP contribution < -0.4 is 5.73 Å². The topological polar surface area (TPSA) is 46.2 Å². The fourth-order valence-corrected chi connectivity index (χ4v) is 1.10. The van der Waals surface area contributed by atoms with Crippen LogP contribution in [-0.2, 0) is 0 Å². The van der Waals surface area contributed by atoms with Crippen molar-refractivity contribution in [2.24, 2.45) is 5.73 Å². The third kappa shape index (κ3) is 3.21. The molecule has 0 spiro atoms. The van der Waals surface area contributed by atoms with Crippen molar-refractivity contribution in [3.8, 4) is 0 Å². The van der Waals surface area contributed by atoms with Crippen molar-refractivity contribution < 1.29 is 13.9 Å². The molecule has 0 aromatic heterocycles. The molecule has 14 heavy (non-hydrogen) atoms. The van der Waals surface area contributed by atoms with Crippen LogP contribution in [0, 0.1) is 11.6 Å². The maximum atomic E-state index is 13.0. The first-order valence-corrected chi connectivity index (χ1v) is 3.96. The maximum Gasteiger partial charge on any atom is 0.130 e. The Hall–Kier alpha value is -0.710. The lowest BCUT2D eigenvalue weighted by Gasteiger charge is -2.10. The molecule has 80 valence electrons.